The third-order valence-corrected chi connectivity index (χ3v) is 6.42. The van der Waals surface area contributed by atoms with E-state index in [-0.39, 0.29) is 6.04 Å². The second-order valence-electron chi connectivity index (χ2n) is 8.60. The lowest BCUT2D eigenvalue weighted by atomic mass is 10.0. The van der Waals surface area contributed by atoms with Crippen molar-refractivity contribution < 1.29 is 14.2 Å². The number of rotatable bonds is 11. The molecule has 0 radical (unpaired) electrons. The average Bonchev–Trinajstić information content (AvgIpc) is 3.37. The van der Waals surface area contributed by atoms with E-state index in [1.807, 2.05) is 6.07 Å². The smallest absolute Gasteiger partial charge is 0.193 e. The van der Waals surface area contributed by atoms with Gasteiger partial charge in [0.1, 0.15) is 5.75 Å². The number of likely N-dealkylation sites (tertiary alicyclic amines) is 2. The van der Waals surface area contributed by atoms with E-state index in [4.69, 9.17) is 19.2 Å². The van der Waals surface area contributed by atoms with Crippen LogP contribution < -0.4 is 10.1 Å². The van der Waals surface area contributed by atoms with Gasteiger partial charge in [-0.15, -0.1) is 0 Å². The summed E-state index contributed by atoms with van der Waals surface area (Å²) in [5.74, 6) is 1.97. The number of guanidine groups is 1. The van der Waals surface area contributed by atoms with Crippen LogP contribution in [0.2, 0.25) is 0 Å². The highest BCUT2D eigenvalue weighted by molar-refractivity contribution is 5.80. The first-order valence-corrected chi connectivity index (χ1v) is 12.3. The lowest BCUT2D eigenvalue weighted by Crippen LogP contribution is -2.47. The molecule has 0 saturated carbocycles. The van der Waals surface area contributed by atoms with Gasteiger partial charge in [0.15, 0.2) is 5.96 Å². The van der Waals surface area contributed by atoms with Crippen molar-refractivity contribution in [1.82, 2.24) is 15.1 Å². The minimum absolute atomic E-state index is 0.240. The van der Waals surface area contributed by atoms with Gasteiger partial charge in [-0.2, -0.15) is 0 Å². The van der Waals surface area contributed by atoms with Crippen molar-refractivity contribution in [2.75, 3.05) is 66.7 Å². The van der Waals surface area contributed by atoms with Crippen LogP contribution in [0, 0.1) is 0 Å². The maximum absolute atomic E-state index is 6.03. The molecule has 0 bridgehead atoms. The first-order chi connectivity index (χ1) is 15.8. The summed E-state index contributed by atoms with van der Waals surface area (Å²) in [7, 11) is 3.50. The van der Waals surface area contributed by atoms with Gasteiger partial charge in [-0.1, -0.05) is 18.2 Å². The fraction of sp³-hybridized carbons (Fsp3) is 0.720. The van der Waals surface area contributed by atoms with E-state index in [0.717, 1.165) is 83.5 Å². The largest absolute Gasteiger partial charge is 0.496 e. The van der Waals surface area contributed by atoms with Crippen LogP contribution in [0.1, 0.15) is 50.6 Å². The molecule has 0 aliphatic carbocycles. The Bertz CT molecular complexity index is 686. The van der Waals surface area contributed by atoms with Crippen molar-refractivity contribution >= 4 is 5.96 Å². The topological polar surface area (TPSA) is 58.6 Å². The molecule has 0 spiro atoms. The molecular formula is C25H42N4O3. The van der Waals surface area contributed by atoms with E-state index in [1.54, 1.807) is 14.2 Å². The summed E-state index contributed by atoms with van der Waals surface area (Å²) in [6.45, 7) is 9.49. The molecular weight excluding hydrogens is 404 g/mol. The number of piperidine rings is 1. The number of ether oxygens (including phenoxy) is 3. The van der Waals surface area contributed by atoms with Gasteiger partial charge in [0, 0.05) is 45.5 Å². The summed E-state index contributed by atoms with van der Waals surface area (Å²) in [5, 5.41) is 3.52. The molecule has 0 aromatic heterocycles. The van der Waals surface area contributed by atoms with E-state index in [9.17, 15) is 0 Å². The van der Waals surface area contributed by atoms with Crippen molar-refractivity contribution in [1.29, 1.82) is 0 Å². The molecule has 2 saturated heterocycles. The Morgan fingerprint density at radius 2 is 1.84 bits per heavy atom. The van der Waals surface area contributed by atoms with E-state index in [1.165, 1.54) is 18.4 Å². The maximum Gasteiger partial charge on any atom is 0.193 e. The van der Waals surface area contributed by atoms with E-state index in [0.29, 0.717) is 6.10 Å². The molecule has 7 heteroatoms. The first-order valence-electron chi connectivity index (χ1n) is 12.3. The summed E-state index contributed by atoms with van der Waals surface area (Å²) in [6.07, 6.45) is 5.90. The molecule has 1 aromatic rings. The summed E-state index contributed by atoms with van der Waals surface area (Å²) in [6, 6.07) is 8.64. The zero-order valence-electron chi connectivity index (χ0n) is 20.2. The monoisotopic (exact) mass is 446 g/mol. The van der Waals surface area contributed by atoms with Crippen LogP contribution in [0.25, 0.3) is 0 Å². The van der Waals surface area contributed by atoms with Gasteiger partial charge in [0.05, 0.1) is 25.8 Å². The zero-order chi connectivity index (χ0) is 22.6. The van der Waals surface area contributed by atoms with Crippen molar-refractivity contribution in [3.05, 3.63) is 29.8 Å². The van der Waals surface area contributed by atoms with Crippen LogP contribution in [0.15, 0.2) is 29.3 Å². The molecule has 1 atom stereocenters. The Kier molecular flexibility index (Phi) is 10.6. The Morgan fingerprint density at radius 1 is 1.09 bits per heavy atom. The van der Waals surface area contributed by atoms with E-state index in [2.05, 4.69) is 40.2 Å². The molecule has 1 unspecified atom stereocenters. The maximum atomic E-state index is 6.03. The highest BCUT2D eigenvalue weighted by Crippen LogP contribution is 2.32. The number of aliphatic imine (C=N–C) groups is 1. The zero-order valence-corrected chi connectivity index (χ0v) is 20.2. The minimum Gasteiger partial charge on any atom is -0.496 e. The second kappa shape index (κ2) is 13.7. The number of para-hydroxylation sites is 1. The predicted octanol–water partition coefficient (Wildman–Crippen LogP) is 3.32. The third kappa shape index (κ3) is 7.09. The number of methoxy groups -OCH3 is 2. The molecule has 1 N–H and O–H groups in total. The van der Waals surface area contributed by atoms with Crippen molar-refractivity contribution in [3.8, 4) is 5.75 Å². The molecule has 3 rings (SSSR count). The van der Waals surface area contributed by atoms with Gasteiger partial charge in [0.2, 0.25) is 0 Å². The Labute approximate surface area is 194 Å². The molecule has 2 fully saturated rings. The van der Waals surface area contributed by atoms with Crippen LogP contribution in [0.4, 0.5) is 0 Å². The first kappa shape index (κ1) is 24.8. The van der Waals surface area contributed by atoms with Crippen LogP contribution in [-0.4, -0.2) is 88.6 Å². The standard InChI is InChI=1S/C25H42N4O3/c1-4-26-25(29-16-12-21(13-17-29)32-19-9-18-30-2)27-20-23(28-14-7-8-15-28)22-10-5-6-11-24(22)31-3/h5-6,10-11,21,23H,4,7-9,12-20H2,1-3H3,(H,26,27). The number of nitrogens with one attached hydrogen (secondary N) is 1. The summed E-state index contributed by atoms with van der Waals surface area (Å²) in [4.78, 5) is 10.1. The highest BCUT2D eigenvalue weighted by atomic mass is 16.5. The fourth-order valence-electron chi connectivity index (χ4n) is 4.69. The van der Waals surface area contributed by atoms with Crippen LogP contribution >= 0.6 is 0 Å². The summed E-state index contributed by atoms with van der Waals surface area (Å²) < 4.78 is 16.8. The molecule has 7 nitrogen and oxygen atoms in total. The summed E-state index contributed by atoms with van der Waals surface area (Å²) in [5.41, 5.74) is 1.24. The van der Waals surface area contributed by atoms with E-state index < -0.39 is 0 Å². The lowest BCUT2D eigenvalue weighted by molar-refractivity contribution is 0.00988. The lowest BCUT2D eigenvalue weighted by Gasteiger charge is -2.35. The number of hydrogen-bond donors (Lipinski definition) is 1. The van der Waals surface area contributed by atoms with Crippen LogP contribution in [0.3, 0.4) is 0 Å². The quantitative estimate of drug-likeness (QED) is 0.320. The van der Waals surface area contributed by atoms with Crippen molar-refractivity contribution in [2.24, 2.45) is 4.99 Å². The van der Waals surface area contributed by atoms with Crippen molar-refractivity contribution in [2.45, 2.75) is 51.2 Å². The minimum atomic E-state index is 0.240. The van der Waals surface area contributed by atoms with Crippen LogP contribution in [-0.2, 0) is 9.47 Å². The average molecular weight is 447 g/mol. The summed E-state index contributed by atoms with van der Waals surface area (Å²) >= 11 is 0. The van der Waals surface area contributed by atoms with Crippen LogP contribution in [0.5, 0.6) is 5.75 Å². The molecule has 2 aliphatic rings. The Balaban J connectivity index is 1.64. The normalized spacial score (nSPS) is 19.3. The van der Waals surface area contributed by atoms with Gasteiger partial charge in [-0.25, -0.2) is 0 Å². The number of benzene rings is 1. The third-order valence-electron chi connectivity index (χ3n) is 6.42. The van der Waals surface area contributed by atoms with Gasteiger partial charge in [0.25, 0.3) is 0 Å². The van der Waals surface area contributed by atoms with E-state index >= 15 is 0 Å². The molecule has 2 heterocycles. The second-order valence-corrected chi connectivity index (χ2v) is 8.60. The molecule has 2 aliphatic heterocycles. The molecule has 0 amide bonds. The number of hydrogen-bond acceptors (Lipinski definition) is 5. The SMILES string of the molecule is CCNC(=NCC(c1ccccc1OC)N1CCCC1)N1CCC(OCCCOC)CC1. The molecule has 1 aromatic carbocycles. The fourth-order valence-corrected chi connectivity index (χ4v) is 4.69. The Morgan fingerprint density at radius 3 is 2.53 bits per heavy atom. The predicted molar refractivity (Wildman–Crippen MR) is 130 cm³/mol. The van der Waals surface area contributed by atoms with Gasteiger partial charge < -0.3 is 24.4 Å². The number of nitrogens with zero attached hydrogens (tertiary/aromatic N) is 3. The van der Waals surface area contributed by atoms with Gasteiger partial charge in [-0.05, 0) is 58.2 Å². The van der Waals surface area contributed by atoms with Crippen molar-refractivity contribution in [3.63, 3.8) is 0 Å². The van der Waals surface area contributed by atoms with Gasteiger partial charge in [-0.3, -0.25) is 9.89 Å². The van der Waals surface area contributed by atoms with Gasteiger partial charge >= 0.3 is 0 Å². The molecule has 180 valence electrons. The molecule has 32 heavy (non-hydrogen) atoms. The Hall–Kier alpha value is -1.83. The highest BCUT2D eigenvalue weighted by Gasteiger charge is 2.27.